The van der Waals surface area contributed by atoms with Crippen LogP contribution in [0.2, 0.25) is 0 Å². The van der Waals surface area contributed by atoms with E-state index in [4.69, 9.17) is 0 Å². The number of benzene rings is 1. The molecule has 0 bridgehead atoms. The van der Waals surface area contributed by atoms with Crippen molar-refractivity contribution in [3.05, 3.63) is 35.7 Å². The molecule has 0 saturated heterocycles. The fraction of sp³-hybridized carbons (Fsp3) is 0.500. The summed E-state index contributed by atoms with van der Waals surface area (Å²) in [6.07, 6.45) is 5.08. The van der Waals surface area contributed by atoms with E-state index in [1.165, 1.54) is 6.42 Å². The molecular formula is C16H21N5O. The predicted molar refractivity (Wildman–Crippen MR) is 82.5 cm³/mol. The summed E-state index contributed by atoms with van der Waals surface area (Å²) in [6.45, 7) is 3.59. The minimum absolute atomic E-state index is 0.0410. The van der Waals surface area contributed by atoms with E-state index in [0.717, 1.165) is 42.8 Å². The van der Waals surface area contributed by atoms with Gasteiger partial charge in [-0.1, -0.05) is 31.4 Å². The van der Waals surface area contributed by atoms with Gasteiger partial charge in [0.05, 0.1) is 5.69 Å². The highest BCUT2D eigenvalue weighted by atomic mass is 16.1. The normalized spacial score (nSPS) is 17.2. The van der Waals surface area contributed by atoms with Crippen molar-refractivity contribution in [3.63, 3.8) is 0 Å². The maximum Gasteiger partial charge on any atom is 0.217 e. The third kappa shape index (κ3) is 2.73. The molecule has 22 heavy (non-hydrogen) atoms. The molecule has 1 aliphatic carbocycles. The van der Waals surface area contributed by atoms with Crippen molar-refractivity contribution in [3.8, 4) is 5.69 Å². The van der Waals surface area contributed by atoms with Crippen molar-refractivity contribution in [2.24, 2.45) is 0 Å². The smallest absolute Gasteiger partial charge is 0.217 e. The van der Waals surface area contributed by atoms with E-state index in [-0.39, 0.29) is 5.91 Å². The van der Waals surface area contributed by atoms with Gasteiger partial charge in [-0.3, -0.25) is 4.79 Å². The SMILES string of the molecule is CC(=O)NC1(c2nnnn2-c2cccc(C)c2)CCCCC1. The fourth-order valence-electron chi connectivity index (χ4n) is 3.32. The van der Waals surface area contributed by atoms with Gasteiger partial charge in [-0.25, -0.2) is 0 Å². The number of carbonyl (C=O) groups is 1. The molecule has 1 N–H and O–H groups in total. The summed E-state index contributed by atoms with van der Waals surface area (Å²) in [6, 6.07) is 8.06. The zero-order valence-corrected chi connectivity index (χ0v) is 13.0. The quantitative estimate of drug-likeness (QED) is 0.943. The molecule has 0 aliphatic heterocycles. The lowest BCUT2D eigenvalue weighted by molar-refractivity contribution is -0.121. The Balaban J connectivity index is 2.06. The standard InChI is InChI=1S/C16H21N5O/c1-12-7-6-8-14(11-12)21-15(18-19-20-21)16(17-13(2)22)9-4-3-5-10-16/h6-8,11H,3-5,9-10H2,1-2H3,(H,17,22). The second-order valence-electron chi connectivity index (χ2n) is 6.08. The molecule has 0 unspecified atom stereocenters. The molecule has 6 nitrogen and oxygen atoms in total. The lowest BCUT2D eigenvalue weighted by Crippen LogP contribution is -2.48. The van der Waals surface area contributed by atoms with Crippen LogP contribution in [0, 0.1) is 6.92 Å². The molecule has 0 spiro atoms. The van der Waals surface area contributed by atoms with Crippen LogP contribution >= 0.6 is 0 Å². The maximum absolute atomic E-state index is 11.7. The van der Waals surface area contributed by atoms with Crippen molar-refractivity contribution >= 4 is 5.91 Å². The van der Waals surface area contributed by atoms with Crippen LogP contribution in [0.1, 0.15) is 50.4 Å². The Kier molecular flexibility index (Phi) is 3.92. The number of tetrazole rings is 1. The number of carbonyl (C=O) groups excluding carboxylic acids is 1. The van der Waals surface area contributed by atoms with Crippen LogP contribution in [0.5, 0.6) is 0 Å². The highest BCUT2D eigenvalue weighted by Gasteiger charge is 2.39. The molecule has 116 valence electrons. The van der Waals surface area contributed by atoms with Gasteiger partial charge in [-0.2, -0.15) is 4.68 Å². The second kappa shape index (κ2) is 5.87. The average molecular weight is 299 g/mol. The summed E-state index contributed by atoms with van der Waals surface area (Å²) in [5, 5.41) is 15.4. The Morgan fingerprint density at radius 2 is 2.05 bits per heavy atom. The molecule has 1 saturated carbocycles. The lowest BCUT2D eigenvalue weighted by atomic mass is 9.80. The van der Waals surface area contributed by atoms with E-state index in [0.29, 0.717) is 0 Å². The highest BCUT2D eigenvalue weighted by molar-refractivity contribution is 5.74. The molecule has 3 rings (SSSR count). The Hall–Kier alpha value is -2.24. The van der Waals surface area contributed by atoms with Crippen LogP contribution in [0.15, 0.2) is 24.3 Å². The molecule has 0 atom stereocenters. The van der Waals surface area contributed by atoms with E-state index in [9.17, 15) is 4.79 Å². The molecule has 1 amide bonds. The number of rotatable bonds is 3. The minimum Gasteiger partial charge on any atom is -0.344 e. The molecular weight excluding hydrogens is 278 g/mol. The van der Waals surface area contributed by atoms with Gasteiger partial charge in [0.25, 0.3) is 0 Å². The average Bonchev–Trinajstić information content (AvgIpc) is 2.97. The first-order chi connectivity index (χ1) is 10.6. The van der Waals surface area contributed by atoms with Crippen LogP contribution in [0.3, 0.4) is 0 Å². The third-order valence-corrected chi connectivity index (χ3v) is 4.27. The van der Waals surface area contributed by atoms with Crippen molar-refractivity contribution in [1.29, 1.82) is 0 Å². The van der Waals surface area contributed by atoms with Crippen LogP contribution in [-0.2, 0) is 10.3 Å². The minimum atomic E-state index is -0.461. The summed E-state index contributed by atoms with van der Waals surface area (Å²) in [5.74, 6) is 0.689. The number of nitrogens with zero attached hydrogens (tertiary/aromatic N) is 4. The monoisotopic (exact) mass is 299 g/mol. The van der Waals surface area contributed by atoms with Crippen molar-refractivity contribution < 1.29 is 4.79 Å². The van der Waals surface area contributed by atoms with Gasteiger partial charge in [-0.15, -0.1) is 5.10 Å². The first kappa shape index (κ1) is 14.7. The van der Waals surface area contributed by atoms with Gasteiger partial charge in [-0.05, 0) is 47.9 Å². The molecule has 0 radical (unpaired) electrons. The Bertz CT molecular complexity index is 673. The second-order valence-corrected chi connectivity index (χ2v) is 6.08. The Morgan fingerprint density at radius 3 is 2.73 bits per heavy atom. The largest absolute Gasteiger partial charge is 0.344 e. The van der Waals surface area contributed by atoms with Crippen molar-refractivity contribution in [2.75, 3.05) is 0 Å². The van der Waals surface area contributed by atoms with Gasteiger partial charge >= 0.3 is 0 Å². The van der Waals surface area contributed by atoms with E-state index >= 15 is 0 Å². The van der Waals surface area contributed by atoms with Crippen LogP contribution < -0.4 is 5.32 Å². The zero-order valence-electron chi connectivity index (χ0n) is 13.0. The molecule has 1 fully saturated rings. The highest BCUT2D eigenvalue weighted by Crippen LogP contribution is 2.36. The zero-order chi connectivity index (χ0) is 15.6. The van der Waals surface area contributed by atoms with E-state index < -0.39 is 5.54 Å². The summed E-state index contributed by atoms with van der Waals surface area (Å²) in [4.78, 5) is 11.7. The van der Waals surface area contributed by atoms with Gasteiger partial charge < -0.3 is 5.32 Å². The maximum atomic E-state index is 11.7. The Labute approximate surface area is 129 Å². The van der Waals surface area contributed by atoms with Gasteiger partial charge in [0, 0.05) is 6.92 Å². The fourth-order valence-corrected chi connectivity index (χ4v) is 3.32. The molecule has 6 heteroatoms. The third-order valence-electron chi connectivity index (χ3n) is 4.27. The first-order valence-electron chi connectivity index (χ1n) is 7.75. The van der Waals surface area contributed by atoms with Gasteiger partial charge in [0.15, 0.2) is 5.82 Å². The predicted octanol–water partition coefficient (Wildman–Crippen LogP) is 2.27. The number of hydrogen-bond donors (Lipinski definition) is 1. The Morgan fingerprint density at radius 1 is 1.27 bits per heavy atom. The van der Waals surface area contributed by atoms with Gasteiger partial charge in [0.2, 0.25) is 5.91 Å². The van der Waals surface area contributed by atoms with E-state index in [1.54, 1.807) is 11.6 Å². The number of amides is 1. The molecule has 1 aromatic carbocycles. The summed E-state index contributed by atoms with van der Waals surface area (Å²) in [7, 11) is 0. The summed E-state index contributed by atoms with van der Waals surface area (Å²) >= 11 is 0. The van der Waals surface area contributed by atoms with Crippen LogP contribution in [0.25, 0.3) is 5.69 Å². The lowest BCUT2D eigenvalue weighted by Gasteiger charge is -2.36. The number of aromatic nitrogens is 4. The van der Waals surface area contributed by atoms with E-state index in [1.807, 2.05) is 31.2 Å². The molecule has 1 aliphatic rings. The summed E-state index contributed by atoms with van der Waals surface area (Å²) < 4.78 is 1.76. The van der Waals surface area contributed by atoms with Crippen LogP contribution in [0.4, 0.5) is 0 Å². The number of aryl methyl sites for hydroxylation is 1. The van der Waals surface area contributed by atoms with E-state index in [2.05, 4.69) is 20.8 Å². The first-order valence-corrected chi connectivity index (χ1v) is 7.75. The van der Waals surface area contributed by atoms with Crippen molar-refractivity contribution in [1.82, 2.24) is 25.5 Å². The summed E-state index contributed by atoms with van der Waals surface area (Å²) in [5.41, 5.74) is 1.61. The number of nitrogens with one attached hydrogen (secondary N) is 1. The van der Waals surface area contributed by atoms with Gasteiger partial charge in [0.1, 0.15) is 5.54 Å². The van der Waals surface area contributed by atoms with Crippen molar-refractivity contribution in [2.45, 2.75) is 51.5 Å². The molecule has 1 aromatic heterocycles. The molecule has 1 heterocycles. The van der Waals surface area contributed by atoms with Crippen LogP contribution in [-0.4, -0.2) is 26.1 Å². The molecule has 2 aromatic rings. The number of hydrogen-bond acceptors (Lipinski definition) is 4. The topological polar surface area (TPSA) is 72.7 Å².